The average Bonchev–Trinajstić information content (AvgIpc) is 2.47. The molecule has 2 atom stereocenters. The molecular weight excluding hydrogens is 305 g/mol. The van der Waals surface area contributed by atoms with E-state index in [1.165, 1.54) is 0 Å². The molecule has 114 valence electrons. The summed E-state index contributed by atoms with van der Waals surface area (Å²) in [5.74, 6) is 0. The first-order valence-corrected chi connectivity index (χ1v) is 8.09. The van der Waals surface area contributed by atoms with E-state index in [9.17, 15) is 5.11 Å². The third kappa shape index (κ3) is 4.86. The molecule has 1 unspecified atom stereocenters. The standard InChI is InChI=1S/C17H21Cl2NO/c18-16-5-2-6-17(19)15(16)8-7-12-3-1-4-13(9-12)10-14(21)11-20/h1,3-4,7-9,14,16,21H,2,5-6,10-11,20H2/t14-,16?/m0/s1. The quantitative estimate of drug-likeness (QED) is 0.808. The number of halogens is 2. The molecule has 0 radical (unpaired) electrons. The minimum Gasteiger partial charge on any atom is -0.391 e. The molecule has 1 aromatic carbocycles. The Balaban J connectivity index is 2.12. The Labute approximate surface area is 136 Å². The molecule has 2 nitrogen and oxygen atoms in total. The number of hydrogen-bond acceptors (Lipinski definition) is 2. The van der Waals surface area contributed by atoms with Gasteiger partial charge in [-0.15, -0.1) is 11.6 Å². The van der Waals surface area contributed by atoms with Gasteiger partial charge in [0, 0.05) is 11.6 Å². The number of aliphatic hydroxyl groups excluding tert-OH is 1. The predicted octanol–water partition coefficient (Wildman–Crippen LogP) is 3.85. The maximum absolute atomic E-state index is 9.62. The highest BCUT2D eigenvalue weighted by Gasteiger charge is 2.17. The van der Waals surface area contributed by atoms with Gasteiger partial charge in [0.15, 0.2) is 0 Å². The predicted molar refractivity (Wildman–Crippen MR) is 90.6 cm³/mol. The Morgan fingerprint density at radius 1 is 1.38 bits per heavy atom. The molecular formula is C17H21Cl2NO. The summed E-state index contributed by atoms with van der Waals surface area (Å²) in [7, 11) is 0. The normalized spacial score (nSPS) is 21.0. The summed E-state index contributed by atoms with van der Waals surface area (Å²) in [6.45, 7) is 0.274. The van der Waals surface area contributed by atoms with E-state index in [4.69, 9.17) is 28.9 Å². The maximum Gasteiger partial charge on any atom is 0.0702 e. The summed E-state index contributed by atoms with van der Waals surface area (Å²) in [5, 5.41) is 10.5. The van der Waals surface area contributed by atoms with Crippen molar-refractivity contribution in [3.63, 3.8) is 0 Å². The van der Waals surface area contributed by atoms with Crippen molar-refractivity contribution in [2.24, 2.45) is 5.73 Å². The second-order valence-electron chi connectivity index (χ2n) is 5.39. The lowest BCUT2D eigenvalue weighted by atomic mass is 9.97. The highest BCUT2D eigenvalue weighted by atomic mass is 35.5. The number of aliphatic hydroxyl groups is 1. The highest BCUT2D eigenvalue weighted by molar-refractivity contribution is 6.32. The van der Waals surface area contributed by atoms with Gasteiger partial charge in [0.25, 0.3) is 0 Å². The molecule has 1 aliphatic rings. The molecule has 0 amide bonds. The summed E-state index contributed by atoms with van der Waals surface area (Å²) in [5.41, 5.74) is 8.61. The van der Waals surface area contributed by atoms with Crippen LogP contribution in [0.3, 0.4) is 0 Å². The van der Waals surface area contributed by atoms with Crippen LogP contribution in [0.15, 0.2) is 40.9 Å². The molecule has 21 heavy (non-hydrogen) atoms. The van der Waals surface area contributed by atoms with Crippen LogP contribution in [-0.4, -0.2) is 23.1 Å². The van der Waals surface area contributed by atoms with Crippen molar-refractivity contribution in [2.45, 2.75) is 37.2 Å². The third-order valence-electron chi connectivity index (χ3n) is 3.65. The Morgan fingerprint density at radius 3 is 2.90 bits per heavy atom. The lowest BCUT2D eigenvalue weighted by molar-refractivity contribution is 0.183. The smallest absolute Gasteiger partial charge is 0.0702 e. The second-order valence-corrected chi connectivity index (χ2v) is 6.38. The van der Waals surface area contributed by atoms with Crippen molar-refractivity contribution < 1.29 is 5.11 Å². The molecule has 3 N–H and O–H groups in total. The number of benzene rings is 1. The van der Waals surface area contributed by atoms with Crippen molar-refractivity contribution >= 4 is 29.3 Å². The SMILES string of the molecule is NC[C@@H](O)Cc1cccc(C=CC2=C(Cl)CCCC2Cl)c1. The van der Waals surface area contributed by atoms with Gasteiger partial charge in [-0.2, -0.15) is 0 Å². The van der Waals surface area contributed by atoms with Gasteiger partial charge in [0.1, 0.15) is 0 Å². The molecule has 0 heterocycles. The van der Waals surface area contributed by atoms with E-state index < -0.39 is 6.10 Å². The van der Waals surface area contributed by atoms with Crippen molar-refractivity contribution in [3.05, 3.63) is 52.1 Å². The van der Waals surface area contributed by atoms with E-state index in [2.05, 4.69) is 6.07 Å². The molecule has 0 fully saturated rings. The molecule has 1 aromatic rings. The second kappa shape index (κ2) is 8.00. The molecule has 2 rings (SSSR count). The monoisotopic (exact) mass is 325 g/mol. The highest BCUT2D eigenvalue weighted by Crippen LogP contribution is 2.32. The fourth-order valence-electron chi connectivity index (χ4n) is 2.47. The molecule has 0 aliphatic heterocycles. The maximum atomic E-state index is 9.62. The number of rotatable bonds is 5. The van der Waals surface area contributed by atoms with Crippen LogP contribution in [0.2, 0.25) is 0 Å². The molecule has 1 aliphatic carbocycles. The first kappa shape index (κ1) is 16.6. The van der Waals surface area contributed by atoms with Gasteiger partial charge in [-0.1, -0.05) is 48.0 Å². The minimum atomic E-state index is -0.494. The summed E-state index contributed by atoms with van der Waals surface area (Å²) >= 11 is 12.6. The van der Waals surface area contributed by atoms with Crippen LogP contribution in [-0.2, 0) is 6.42 Å². The molecule has 0 saturated heterocycles. The lowest BCUT2D eigenvalue weighted by Crippen LogP contribution is -2.21. The fourth-order valence-corrected chi connectivity index (χ4v) is 3.21. The van der Waals surface area contributed by atoms with Crippen molar-refractivity contribution in [1.29, 1.82) is 0 Å². The topological polar surface area (TPSA) is 46.2 Å². The van der Waals surface area contributed by atoms with Gasteiger partial charge in [-0.25, -0.2) is 0 Å². The first-order valence-electron chi connectivity index (χ1n) is 7.28. The van der Waals surface area contributed by atoms with Crippen molar-refractivity contribution in [2.75, 3.05) is 6.54 Å². The molecule has 0 saturated carbocycles. The Hall–Kier alpha value is -0.800. The number of allylic oxidation sites excluding steroid dienone is 3. The number of hydrogen-bond donors (Lipinski definition) is 2. The van der Waals surface area contributed by atoms with Crippen molar-refractivity contribution in [1.82, 2.24) is 0 Å². The van der Waals surface area contributed by atoms with Crippen LogP contribution in [0, 0.1) is 0 Å². The van der Waals surface area contributed by atoms with E-state index >= 15 is 0 Å². The molecule has 0 spiro atoms. The van der Waals surface area contributed by atoms with E-state index in [1.54, 1.807) is 0 Å². The summed E-state index contributed by atoms with van der Waals surface area (Å²) in [4.78, 5) is 0. The van der Waals surface area contributed by atoms with Gasteiger partial charge in [-0.05, 0) is 42.4 Å². The van der Waals surface area contributed by atoms with E-state index in [0.717, 1.165) is 41.0 Å². The zero-order valence-corrected chi connectivity index (χ0v) is 13.4. The summed E-state index contributed by atoms with van der Waals surface area (Å²) < 4.78 is 0. The molecule has 0 aromatic heterocycles. The van der Waals surface area contributed by atoms with Crippen LogP contribution in [0.5, 0.6) is 0 Å². The summed E-state index contributed by atoms with van der Waals surface area (Å²) in [6, 6.07) is 8.05. The van der Waals surface area contributed by atoms with Gasteiger partial charge >= 0.3 is 0 Å². The Kier molecular flexibility index (Phi) is 6.31. The van der Waals surface area contributed by atoms with Crippen LogP contribution in [0.25, 0.3) is 6.08 Å². The molecule has 4 heteroatoms. The van der Waals surface area contributed by atoms with Crippen LogP contribution in [0.1, 0.15) is 30.4 Å². The zero-order valence-electron chi connectivity index (χ0n) is 11.9. The van der Waals surface area contributed by atoms with E-state index in [1.807, 2.05) is 30.4 Å². The van der Waals surface area contributed by atoms with Gasteiger partial charge in [0.2, 0.25) is 0 Å². The lowest BCUT2D eigenvalue weighted by Gasteiger charge is -2.18. The third-order valence-corrected chi connectivity index (χ3v) is 4.51. The van der Waals surface area contributed by atoms with Gasteiger partial charge < -0.3 is 10.8 Å². The fraction of sp³-hybridized carbons (Fsp3) is 0.412. The van der Waals surface area contributed by atoms with Crippen LogP contribution in [0.4, 0.5) is 0 Å². The van der Waals surface area contributed by atoms with Gasteiger partial charge in [-0.3, -0.25) is 0 Å². The van der Waals surface area contributed by atoms with Crippen molar-refractivity contribution in [3.8, 4) is 0 Å². The Morgan fingerprint density at radius 2 is 2.19 bits per heavy atom. The number of alkyl halides is 1. The summed E-state index contributed by atoms with van der Waals surface area (Å²) in [6.07, 6.45) is 7.05. The largest absolute Gasteiger partial charge is 0.391 e. The zero-order chi connectivity index (χ0) is 15.2. The number of nitrogens with two attached hydrogens (primary N) is 1. The minimum absolute atomic E-state index is 0.00439. The molecule has 0 bridgehead atoms. The van der Waals surface area contributed by atoms with E-state index in [-0.39, 0.29) is 11.9 Å². The van der Waals surface area contributed by atoms with Gasteiger partial charge in [0.05, 0.1) is 11.5 Å². The Bertz CT molecular complexity index is 539. The van der Waals surface area contributed by atoms with E-state index in [0.29, 0.717) is 6.42 Å². The van der Waals surface area contributed by atoms with Crippen LogP contribution < -0.4 is 5.73 Å². The average molecular weight is 326 g/mol. The van der Waals surface area contributed by atoms with Crippen LogP contribution >= 0.6 is 23.2 Å². The first-order chi connectivity index (χ1) is 10.1.